The summed E-state index contributed by atoms with van der Waals surface area (Å²) in [5.41, 5.74) is 26.4. The van der Waals surface area contributed by atoms with Gasteiger partial charge in [-0.1, -0.05) is 240 Å². The van der Waals surface area contributed by atoms with Crippen molar-refractivity contribution in [3.05, 3.63) is 348 Å². The largest absolute Gasteiger partial charge is 0.457 e. The summed E-state index contributed by atoms with van der Waals surface area (Å²) in [4.78, 5) is 4.83. The highest BCUT2D eigenvalue weighted by molar-refractivity contribution is 5.92. The molecular formula is C85H62N2O2. The molecule has 2 aliphatic heterocycles. The highest BCUT2D eigenvalue weighted by Gasteiger charge is 2.52. The van der Waals surface area contributed by atoms with Gasteiger partial charge in [0.25, 0.3) is 0 Å². The third kappa shape index (κ3) is 8.06. The zero-order valence-corrected chi connectivity index (χ0v) is 50.1. The van der Waals surface area contributed by atoms with E-state index >= 15 is 0 Å². The van der Waals surface area contributed by atoms with Crippen molar-refractivity contribution in [3.8, 4) is 78.6 Å². The fourth-order valence-electron chi connectivity index (χ4n) is 15.3. The van der Waals surface area contributed by atoms with Gasteiger partial charge < -0.3 is 19.3 Å². The molecule has 424 valence electrons. The molecule has 89 heavy (non-hydrogen) atoms. The molecule has 4 nitrogen and oxygen atoms in total. The van der Waals surface area contributed by atoms with Crippen LogP contribution in [-0.4, -0.2) is 0 Å². The maximum absolute atomic E-state index is 7.57. The number of ether oxygens (including phenoxy) is 2. The predicted octanol–water partition coefficient (Wildman–Crippen LogP) is 22.8. The molecule has 0 amide bonds. The van der Waals surface area contributed by atoms with Gasteiger partial charge in [-0.2, -0.15) is 0 Å². The Morgan fingerprint density at radius 3 is 1.26 bits per heavy atom. The van der Waals surface area contributed by atoms with Gasteiger partial charge in [-0.15, -0.1) is 0 Å². The van der Waals surface area contributed by atoms with Crippen molar-refractivity contribution < 1.29 is 9.47 Å². The van der Waals surface area contributed by atoms with Crippen molar-refractivity contribution >= 4 is 34.1 Å². The molecule has 13 aromatic rings. The maximum atomic E-state index is 7.57. The lowest BCUT2D eigenvalue weighted by molar-refractivity contribution is 0.400. The van der Waals surface area contributed by atoms with E-state index in [0.29, 0.717) is 0 Å². The normalized spacial score (nSPS) is 15.4. The van der Waals surface area contributed by atoms with E-state index in [9.17, 15) is 0 Å². The number of anilines is 6. The van der Waals surface area contributed by atoms with Crippen molar-refractivity contribution in [2.24, 2.45) is 0 Å². The fourth-order valence-corrected chi connectivity index (χ4v) is 15.3. The van der Waals surface area contributed by atoms with Gasteiger partial charge in [0.1, 0.15) is 17.2 Å². The second-order valence-electron chi connectivity index (χ2n) is 25.2. The molecule has 13 aromatic carbocycles. The summed E-state index contributed by atoms with van der Waals surface area (Å²) in [7, 11) is 0. The Kier molecular flexibility index (Phi) is 11.8. The van der Waals surface area contributed by atoms with E-state index in [1.54, 1.807) is 0 Å². The number of rotatable bonds is 9. The summed E-state index contributed by atoms with van der Waals surface area (Å²) in [6.07, 6.45) is 0. The highest BCUT2D eigenvalue weighted by Crippen LogP contribution is 2.64. The van der Waals surface area contributed by atoms with E-state index in [-0.39, 0.29) is 10.8 Å². The summed E-state index contributed by atoms with van der Waals surface area (Å²) in [5, 5.41) is 0. The van der Waals surface area contributed by atoms with Crippen LogP contribution in [0.5, 0.6) is 23.0 Å². The molecule has 0 bridgehead atoms. The predicted molar refractivity (Wildman–Crippen MR) is 366 cm³/mol. The van der Waals surface area contributed by atoms with Crippen molar-refractivity contribution in [1.29, 1.82) is 0 Å². The third-order valence-corrected chi connectivity index (χ3v) is 19.6. The van der Waals surface area contributed by atoms with Gasteiger partial charge in [0.15, 0.2) is 5.75 Å². The van der Waals surface area contributed by atoms with Gasteiger partial charge >= 0.3 is 0 Å². The SMILES string of the molecule is CC1(C)c2ccccc2-c2ccc(-c3ccc(N(c4cccc(-c5ccccc5)c4)c4ccc5c(c4)C4(c6ccccc6O5)c5ccccc5Oc5c(N(c6cccc(-c7ccccc7)c6)c6ccc7c(c6)C(C)(C)c6ccccc6-7)cccc54)cc3)cc21. The number of hydrogen-bond donors (Lipinski definition) is 0. The van der Waals surface area contributed by atoms with Crippen LogP contribution in [0.2, 0.25) is 0 Å². The van der Waals surface area contributed by atoms with Crippen LogP contribution in [-0.2, 0) is 16.2 Å². The van der Waals surface area contributed by atoms with E-state index in [2.05, 4.69) is 341 Å². The van der Waals surface area contributed by atoms with Gasteiger partial charge in [0.2, 0.25) is 0 Å². The second-order valence-corrected chi connectivity index (χ2v) is 25.2. The quantitative estimate of drug-likeness (QED) is 0.144. The molecule has 0 aromatic heterocycles. The van der Waals surface area contributed by atoms with Crippen LogP contribution in [0.4, 0.5) is 34.1 Å². The second kappa shape index (κ2) is 20.1. The molecule has 0 radical (unpaired) electrons. The van der Waals surface area contributed by atoms with E-state index in [1.807, 2.05) is 0 Å². The average Bonchev–Trinajstić information content (AvgIpc) is 1.81. The number of para-hydroxylation sites is 3. The standard InChI is InChI=1S/C85H62N2O2/c1-83(2)70-32-13-11-30-66(70)68-47-42-60(52-75(68)83)57-40-43-61(44-41-57)86(62-28-19-26-58(50-62)55-22-7-5-8-23-55)64-46-49-81-77(54-64)85(72-34-15-17-38-79(72)88-81)73-35-16-18-39-80(73)89-82-74(85)36-21-37-78(82)87(63-29-20-27-59(51-63)56-24-9-6-10-25-56)65-45-48-69-67-31-12-14-33-71(67)84(3,4)76(69)53-65/h5-54H,1-4H3. The monoisotopic (exact) mass is 1140 g/mol. The minimum atomic E-state index is -0.929. The first-order chi connectivity index (χ1) is 43.6. The van der Waals surface area contributed by atoms with E-state index in [1.165, 1.54) is 50.1 Å². The van der Waals surface area contributed by atoms with E-state index in [0.717, 1.165) is 107 Å². The number of fused-ring (bicyclic) bond motifs is 14. The molecule has 2 aliphatic carbocycles. The molecule has 1 spiro atoms. The van der Waals surface area contributed by atoms with Crippen molar-refractivity contribution in [1.82, 2.24) is 0 Å². The van der Waals surface area contributed by atoms with Gasteiger partial charge in [0, 0.05) is 61.5 Å². The highest BCUT2D eigenvalue weighted by atomic mass is 16.5. The Morgan fingerprint density at radius 1 is 0.236 bits per heavy atom. The van der Waals surface area contributed by atoms with Crippen LogP contribution >= 0.6 is 0 Å². The Morgan fingerprint density at radius 2 is 0.629 bits per heavy atom. The molecule has 4 aliphatic rings. The zero-order valence-electron chi connectivity index (χ0n) is 50.1. The smallest absolute Gasteiger partial charge is 0.156 e. The van der Waals surface area contributed by atoms with Crippen LogP contribution in [0.1, 0.15) is 72.2 Å². The summed E-state index contributed by atoms with van der Waals surface area (Å²) in [6.45, 7) is 9.42. The minimum absolute atomic E-state index is 0.107. The summed E-state index contributed by atoms with van der Waals surface area (Å²) in [6, 6.07) is 111. The first kappa shape index (κ1) is 52.4. The Bertz CT molecular complexity index is 4970. The molecule has 1 unspecified atom stereocenters. The molecule has 1 atom stereocenters. The van der Waals surface area contributed by atoms with Crippen molar-refractivity contribution in [2.45, 2.75) is 43.9 Å². The molecule has 0 N–H and O–H groups in total. The maximum Gasteiger partial charge on any atom is 0.156 e. The summed E-state index contributed by atoms with van der Waals surface area (Å²) >= 11 is 0. The van der Waals surface area contributed by atoms with Gasteiger partial charge in [-0.25, -0.2) is 0 Å². The molecule has 0 fully saturated rings. The zero-order chi connectivity index (χ0) is 59.6. The van der Waals surface area contributed by atoms with Crippen LogP contribution in [0, 0.1) is 0 Å². The molecule has 2 heterocycles. The van der Waals surface area contributed by atoms with Gasteiger partial charge in [-0.3, -0.25) is 0 Å². The molecule has 0 saturated carbocycles. The van der Waals surface area contributed by atoms with E-state index < -0.39 is 5.41 Å². The summed E-state index contributed by atoms with van der Waals surface area (Å²) in [5.74, 6) is 3.14. The number of nitrogens with zero attached hydrogens (tertiary/aromatic N) is 2. The lowest BCUT2D eigenvalue weighted by Crippen LogP contribution is -2.37. The van der Waals surface area contributed by atoms with Crippen LogP contribution in [0.15, 0.2) is 303 Å². The fraction of sp³-hybridized carbons (Fsp3) is 0.0824. The lowest BCUT2D eigenvalue weighted by atomic mass is 9.62. The van der Waals surface area contributed by atoms with Crippen molar-refractivity contribution in [3.63, 3.8) is 0 Å². The molecule has 4 heteroatoms. The van der Waals surface area contributed by atoms with Crippen LogP contribution < -0.4 is 19.3 Å². The summed E-state index contributed by atoms with van der Waals surface area (Å²) < 4.78 is 14.7. The number of benzene rings is 13. The van der Waals surface area contributed by atoms with Crippen molar-refractivity contribution in [2.75, 3.05) is 9.80 Å². The number of hydrogen-bond acceptors (Lipinski definition) is 4. The molecule has 17 rings (SSSR count). The van der Waals surface area contributed by atoms with Gasteiger partial charge in [0.05, 0.1) is 11.1 Å². The average molecular weight is 1140 g/mol. The van der Waals surface area contributed by atoms with E-state index in [4.69, 9.17) is 9.47 Å². The van der Waals surface area contributed by atoms with Crippen LogP contribution in [0.25, 0.3) is 55.6 Å². The Labute approximate surface area is 520 Å². The lowest BCUT2D eigenvalue weighted by Gasteiger charge is -2.46. The van der Waals surface area contributed by atoms with Crippen LogP contribution in [0.3, 0.4) is 0 Å². The topological polar surface area (TPSA) is 24.9 Å². The van der Waals surface area contributed by atoms with Gasteiger partial charge in [-0.05, 0) is 169 Å². The molecular weight excluding hydrogens is 1080 g/mol. The first-order valence-electron chi connectivity index (χ1n) is 31.0. The third-order valence-electron chi connectivity index (χ3n) is 19.6. The molecule has 0 saturated heterocycles. The minimum Gasteiger partial charge on any atom is -0.457 e. The Hall–Kier alpha value is -10.9. The first-order valence-corrected chi connectivity index (χ1v) is 31.0. The Balaban J connectivity index is 0.869.